The van der Waals surface area contributed by atoms with Crippen LogP contribution in [-0.2, 0) is 6.42 Å². The first-order valence-electron chi connectivity index (χ1n) is 7.45. The molecule has 0 saturated heterocycles. The molecule has 0 amide bonds. The van der Waals surface area contributed by atoms with E-state index in [1.807, 2.05) is 24.3 Å². The predicted octanol–water partition coefficient (Wildman–Crippen LogP) is 3.91. The maximum absolute atomic E-state index is 13.1. The zero-order valence-corrected chi connectivity index (χ0v) is 15.8. The second-order valence-corrected chi connectivity index (χ2v) is 5.16. The normalized spacial score (nSPS) is 12.2. The van der Waals surface area contributed by atoms with E-state index < -0.39 is 0 Å². The van der Waals surface area contributed by atoms with Crippen molar-refractivity contribution in [3.8, 4) is 0 Å². The fourth-order valence-electron chi connectivity index (χ4n) is 2.24. The molecule has 0 bridgehead atoms. The second kappa shape index (κ2) is 10.2. The highest BCUT2D eigenvalue weighted by atomic mass is 127. The van der Waals surface area contributed by atoms with Crippen molar-refractivity contribution in [1.82, 2.24) is 10.6 Å². The van der Waals surface area contributed by atoms with Gasteiger partial charge in [-0.1, -0.05) is 42.5 Å². The topological polar surface area (TPSA) is 36.4 Å². The first kappa shape index (κ1) is 19.4. The van der Waals surface area contributed by atoms with Crippen molar-refractivity contribution in [3.63, 3.8) is 0 Å². The lowest BCUT2D eigenvalue weighted by Crippen LogP contribution is -2.39. The summed E-state index contributed by atoms with van der Waals surface area (Å²) in [6, 6.07) is 17.0. The van der Waals surface area contributed by atoms with Gasteiger partial charge in [0, 0.05) is 13.6 Å². The molecule has 0 saturated carbocycles. The number of nitrogens with one attached hydrogen (secondary N) is 2. The molecule has 0 radical (unpaired) electrons. The molecule has 23 heavy (non-hydrogen) atoms. The largest absolute Gasteiger partial charge is 0.356 e. The van der Waals surface area contributed by atoms with Crippen molar-refractivity contribution >= 4 is 29.9 Å². The maximum atomic E-state index is 13.1. The van der Waals surface area contributed by atoms with E-state index in [9.17, 15) is 4.39 Å². The van der Waals surface area contributed by atoms with Gasteiger partial charge in [-0.3, -0.25) is 4.99 Å². The number of hydrogen-bond acceptors (Lipinski definition) is 1. The molecule has 2 rings (SSSR count). The van der Waals surface area contributed by atoms with E-state index in [2.05, 4.69) is 34.7 Å². The highest BCUT2D eigenvalue weighted by molar-refractivity contribution is 14.0. The van der Waals surface area contributed by atoms with Crippen molar-refractivity contribution in [2.24, 2.45) is 4.99 Å². The molecule has 1 atom stereocenters. The third-order valence-electron chi connectivity index (χ3n) is 3.47. The Labute approximate surface area is 154 Å². The third-order valence-corrected chi connectivity index (χ3v) is 3.47. The molecule has 3 nitrogen and oxygen atoms in total. The minimum atomic E-state index is -0.197. The van der Waals surface area contributed by atoms with E-state index in [1.54, 1.807) is 19.2 Å². The molecule has 2 aromatic carbocycles. The molecule has 0 fully saturated rings. The molecular formula is C18H23FIN3. The Kier molecular flexibility index (Phi) is 8.61. The maximum Gasteiger partial charge on any atom is 0.191 e. The Morgan fingerprint density at radius 1 is 1.13 bits per heavy atom. The summed E-state index contributed by atoms with van der Waals surface area (Å²) in [4.78, 5) is 4.22. The van der Waals surface area contributed by atoms with Crippen LogP contribution in [0.15, 0.2) is 59.6 Å². The van der Waals surface area contributed by atoms with Crippen LogP contribution in [0.1, 0.15) is 24.1 Å². The van der Waals surface area contributed by atoms with E-state index in [4.69, 9.17) is 0 Å². The summed E-state index contributed by atoms with van der Waals surface area (Å²) in [7, 11) is 1.75. The number of rotatable bonds is 5. The first-order valence-corrected chi connectivity index (χ1v) is 7.45. The van der Waals surface area contributed by atoms with E-state index in [1.165, 1.54) is 11.6 Å². The van der Waals surface area contributed by atoms with E-state index in [-0.39, 0.29) is 35.8 Å². The Bertz CT molecular complexity index is 617. The Morgan fingerprint density at radius 3 is 2.52 bits per heavy atom. The fourth-order valence-corrected chi connectivity index (χ4v) is 2.24. The lowest BCUT2D eigenvalue weighted by atomic mass is 10.1. The molecule has 0 spiro atoms. The summed E-state index contributed by atoms with van der Waals surface area (Å²) in [5.74, 6) is 0.547. The molecule has 124 valence electrons. The number of hydrogen-bond donors (Lipinski definition) is 2. The van der Waals surface area contributed by atoms with Crippen LogP contribution >= 0.6 is 24.0 Å². The highest BCUT2D eigenvalue weighted by Gasteiger charge is 2.06. The van der Waals surface area contributed by atoms with Crippen molar-refractivity contribution in [2.75, 3.05) is 13.6 Å². The smallest absolute Gasteiger partial charge is 0.191 e. The second-order valence-electron chi connectivity index (χ2n) is 5.16. The average Bonchev–Trinajstić information content (AvgIpc) is 2.54. The average molecular weight is 427 g/mol. The van der Waals surface area contributed by atoms with E-state index in [0.29, 0.717) is 6.54 Å². The van der Waals surface area contributed by atoms with E-state index >= 15 is 0 Å². The molecule has 0 aliphatic carbocycles. The molecule has 0 aliphatic heterocycles. The summed E-state index contributed by atoms with van der Waals surface area (Å²) < 4.78 is 13.1. The van der Waals surface area contributed by atoms with E-state index in [0.717, 1.165) is 17.9 Å². The van der Waals surface area contributed by atoms with Crippen molar-refractivity contribution in [1.29, 1.82) is 0 Å². The lowest BCUT2D eigenvalue weighted by molar-refractivity contribution is 0.624. The van der Waals surface area contributed by atoms with Gasteiger partial charge in [0.05, 0.1) is 6.04 Å². The molecule has 0 heterocycles. The van der Waals surface area contributed by atoms with Crippen LogP contribution in [0.2, 0.25) is 0 Å². The molecular weight excluding hydrogens is 404 g/mol. The van der Waals surface area contributed by atoms with Crippen LogP contribution in [0, 0.1) is 5.82 Å². The van der Waals surface area contributed by atoms with Gasteiger partial charge in [0.25, 0.3) is 0 Å². The van der Waals surface area contributed by atoms with Gasteiger partial charge in [-0.15, -0.1) is 24.0 Å². The minimum absolute atomic E-state index is 0. The first-order chi connectivity index (χ1) is 10.7. The zero-order chi connectivity index (χ0) is 15.8. The van der Waals surface area contributed by atoms with Crippen molar-refractivity contribution in [3.05, 3.63) is 71.5 Å². The minimum Gasteiger partial charge on any atom is -0.356 e. The number of nitrogens with zero attached hydrogens (tertiary/aromatic N) is 1. The van der Waals surface area contributed by atoms with Crippen LogP contribution in [0.25, 0.3) is 0 Å². The summed E-state index contributed by atoms with van der Waals surface area (Å²) >= 11 is 0. The molecule has 1 unspecified atom stereocenters. The van der Waals surface area contributed by atoms with Crippen LogP contribution in [-0.4, -0.2) is 19.6 Å². The highest BCUT2D eigenvalue weighted by Crippen LogP contribution is 2.10. The summed E-state index contributed by atoms with van der Waals surface area (Å²) in [6.07, 6.45) is 0.748. The lowest BCUT2D eigenvalue weighted by Gasteiger charge is -2.18. The van der Waals surface area contributed by atoms with Gasteiger partial charge in [-0.05, 0) is 36.6 Å². The number of guanidine groups is 1. The van der Waals surface area contributed by atoms with Gasteiger partial charge < -0.3 is 10.6 Å². The van der Waals surface area contributed by atoms with Gasteiger partial charge in [0.15, 0.2) is 5.96 Å². The molecule has 0 aliphatic rings. The quantitative estimate of drug-likeness (QED) is 0.431. The van der Waals surface area contributed by atoms with Crippen LogP contribution in [0.4, 0.5) is 4.39 Å². The summed E-state index contributed by atoms with van der Waals surface area (Å²) in [5, 5.41) is 6.60. The summed E-state index contributed by atoms with van der Waals surface area (Å²) in [5.41, 5.74) is 2.18. The summed E-state index contributed by atoms with van der Waals surface area (Å²) in [6.45, 7) is 2.79. The van der Waals surface area contributed by atoms with Gasteiger partial charge in [0.1, 0.15) is 5.82 Å². The van der Waals surface area contributed by atoms with Crippen molar-refractivity contribution < 1.29 is 4.39 Å². The number of benzene rings is 2. The van der Waals surface area contributed by atoms with Gasteiger partial charge >= 0.3 is 0 Å². The monoisotopic (exact) mass is 427 g/mol. The SMILES string of the molecule is CN=C(NCCc1cccc(F)c1)NC(C)c1ccccc1.I. The van der Waals surface area contributed by atoms with Gasteiger partial charge in [-0.25, -0.2) is 4.39 Å². The Morgan fingerprint density at radius 2 is 1.87 bits per heavy atom. The standard InChI is InChI=1S/C18H22FN3.HI/c1-14(16-8-4-3-5-9-16)22-18(20-2)21-12-11-15-7-6-10-17(19)13-15;/h3-10,13-14H,11-12H2,1-2H3,(H2,20,21,22);1H. The Hall–Kier alpha value is -1.63. The molecule has 2 N–H and O–H groups in total. The molecule has 0 aromatic heterocycles. The predicted molar refractivity (Wildman–Crippen MR) is 105 cm³/mol. The molecule has 2 aromatic rings. The number of aliphatic imine (C=N–C) groups is 1. The third kappa shape index (κ3) is 6.56. The van der Waals surface area contributed by atoms with Crippen LogP contribution in [0.3, 0.4) is 0 Å². The van der Waals surface area contributed by atoms with Gasteiger partial charge in [0.2, 0.25) is 0 Å². The molecule has 5 heteroatoms. The number of halogens is 2. The van der Waals surface area contributed by atoms with Crippen molar-refractivity contribution in [2.45, 2.75) is 19.4 Å². The van der Waals surface area contributed by atoms with Crippen LogP contribution in [0.5, 0.6) is 0 Å². The fraction of sp³-hybridized carbons (Fsp3) is 0.278. The van der Waals surface area contributed by atoms with Gasteiger partial charge in [-0.2, -0.15) is 0 Å². The zero-order valence-electron chi connectivity index (χ0n) is 13.4. The Balaban J connectivity index is 0.00000264. The van der Waals surface area contributed by atoms with Crippen LogP contribution < -0.4 is 10.6 Å².